The highest BCUT2D eigenvalue weighted by atomic mass is 16.7. The topological polar surface area (TPSA) is 80.3 Å². The Morgan fingerprint density at radius 2 is 1.62 bits per heavy atom. The van der Waals surface area contributed by atoms with Crippen LogP contribution in [0.3, 0.4) is 0 Å². The minimum atomic E-state index is -0.476. The number of hydrogen-bond donors (Lipinski definition) is 2. The number of rotatable bonds is 9. The van der Waals surface area contributed by atoms with E-state index in [1.54, 1.807) is 0 Å². The predicted molar refractivity (Wildman–Crippen MR) is 143 cm³/mol. The highest BCUT2D eigenvalue weighted by Gasteiger charge is 2.33. The Balaban J connectivity index is 1.44. The molecule has 0 aliphatic carbocycles. The van der Waals surface area contributed by atoms with E-state index in [0.29, 0.717) is 6.54 Å². The van der Waals surface area contributed by atoms with Gasteiger partial charge < -0.3 is 29.5 Å². The normalized spacial score (nSPS) is 23.0. The van der Waals surface area contributed by atoms with Crippen LogP contribution in [-0.2, 0) is 27.4 Å². The van der Waals surface area contributed by atoms with Crippen molar-refractivity contribution in [1.29, 1.82) is 0 Å². The lowest BCUT2D eigenvalue weighted by Gasteiger charge is -2.38. The SMILES string of the molecule is C=CCOC(=O)NCc1ccc(C2OC(CN3CCCCCCC3)CC(c3ccc(CO)cc3)O2)cc1. The molecule has 2 fully saturated rings. The van der Waals surface area contributed by atoms with Crippen LogP contribution in [0.4, 0.5) is 4.79 Å². The van der Waals surface area contributed by atoms with E-state index in [-0.39, 0.29) is 25.4 Å². The Kier molecular flexibility index (Phi) is 10.6. The number of hydrogen-bond acceptors (Lipinski definition) is 6. The summed E-state index contributed by atoms with van der Waals surface area (Å²) in [5.74, 6) is 0. The molecule has 0 radical (unpaired) electrons. The van der Waals surface area contributed by atoms with Gasteiger partial charge in [0, 0.05) is 25.1 Å². The molecular formula is C30H40N2O5. The smallest absolute Gasteiger partial charge is 0.407 e. The van der Waals surface area contributed by atoms with Crippen LogP contribution in [0, 0.1) is 0 Å². The third-order valence-corrected chi connectivity index (χ3v) is 7.05. The molecule has 3 atom stereocenters. The fourth-order valence-electron chi connectivity index (χ4n) is 4.97. The number of carbonyl (C=O) groups excluding carboxylic acids is 1. The molecule has 2 N–H and O–H groups in total. The molecule has 0 saturated carbocycles. The molecule has 4 rings (SSSR count). The van der Waals surface area contributed by atoms with Crippen LogP contribution in [-0.4, -0.2) is 48.4 Å². The second-order valence-electron chi connectivity index (χ2n) is 9.90. The van der Waals surface area contributed by atoms with Gasteiger partial charge in [-0.1, -0.05) is 80.4 Å². The molecule has 7 heteroatoms. The monoisotopic (exact) mass is 508 g/mol. The van der Waals surface area contributed by atoms with Crippen LogP contribution in [0.15, 0.2) is 61.2 Å². The molecule has 0 aromatic heterocycles. The third-order valence-electron chi connectivity index (χ3n) is 7.05. The quantitative estimate of drug-likeness (QED) is 0.442. The number of aliphatic hydroxyl groups is 1. The zero-order valence-corrected chi connectivity index (χ0v) is 21.6. The zero-order chi connectivity index (χ0) is 25.9. The molecule has 2 aromatic rings. The highest BCUT2D eigenvalue weighted by molar-refractivity contribution is 5.67. The molecule has 37 heavy (non-hydrogen) atoms. The van der Waals surface area contributed by atoms with E-state index in [9.17, 15) is 9.90 Å². The molecule has 2 aliphatic heterocycles. The summed E-state index contributed by atoms with van der Waals surface area (Å²) in [6.45, 7) is 7.28. The molecule has 0 spiro atoms. The number of alkyl carbamates (subject to hydrolysis) is 1. The lowest BCUT2D eigenvalue weighted by molar-refractivity contribution is -0.253. The molecule has 1 amide bonds. The van der Waals surface area contributed by atoms with E-state index >= 15 is 0 Å². The van der Waals surface area contributed by atoms with E-state index in [1.807, 2.05) is 48.5 Å². The number of carbonyl (C=O) groups is 1. The van der Waals surface area contributed by atoms with Gasteiger partial charge in [-0.05, 0) is 42.6 Å². The van der Waals surface area contributed by atoms with E-state index in [4.69, 9.17) is 14.2 Å². The first kappa shape index (κ1) is 27.3. The predicted octanol–water partition coefficient (Wildman–Crippen LogP) is 5.40. The Bertz CT molecular complexity index is 970. The summed E-state index contributed by atoms with van der Waals surface area (Å²) in [6.07, 6.45) is 7.80. The Morgan fingerprint density at radius 1 is 0.973 bits per heavy atom. The van der Waals surface area contributed by atoms with E-state index in [0.717, 1.165) is 48.3 Å². The first-order valence-electron chi connectivity index (χ1n) is 13.5. The molecule has 7 nitrogen and oxygen atoms in total. The number of aliphatic hydroxyl groups excluding tert-OH is 1. The summed E-state index contributed by atoms with van der Waals surface area (Å²) < 4.78 is 18.0. The van der Waals surface area contributed by atoms with Crippen LogP contribution >= 0.6 is 0 Å². The van der Waals surface area contributed by atoms with Gasteiger partial charge in [-0.2, -0.15) is 0 Å². The van der Waals surface area contributed by atoms with Crippen molar-refractivity contribution < 1.29 is 24.1 Å². The first-order valence-corrected chi connectivity index (χ1v) is 13.5. The fourth-order valence-corrected chi connectivity index (χ4v) is 4.97. The van der Waals surface area contributed by atoms with Crippen LogP contribution in [0.1, 0.15) is 73.2 Å². The van der Waals surface area contributed by atoms with Gasteiger partial charge in [0.1, 0.15) is 6.61 Å². The molecule has 2 aromatic carbocycles. The van der Waals surface area contributed by atoms with Crippen molar-refractivity contribution in [2.75, 3.05) is 26.2 Å². The minimum absolute atomic E-state index is 0.0301. The maximum atomic E-state index is 11.7. The summed E-state index contributed by atoms with van der Waals surface area (Å²) >= 11 is 0. The second-order valence-corrected chi connectivity index (χ2v) is 9.90. The van der Waals surface area contributed by atoms with Gasteiger partial charge in [0.15, 0.2) is 6.29 Å². The average molecular weight is 509 g/mol. The number of ether oxygens (including phenoxy) is 3. The van der Waals surface area contributed by atoms with Gasteiger partial charge in [0.25, 0.3) is 0 Å². The molecule has 0 bridgehead atoms. The maximum Gasteiger partial charge on any atom is 0.407 e. The fraction of sp³-hybridized carbons (Fsp3) is 0.500. The maximum absolute atomic E-state index is 11.7. The number of nitrogens with zero attached hydrogens (tertiary/aromatic N) is 1. The number of amides is 1. The zero-order valence-electron chi connectivity index (χ0n) is 21.6. The molecule has 2 aliphatic rings. The van der Waals surface area contributed by atoms with Crippen molar-refractivity contribution in [1.82, 2.24) is 10.2 Å². The largest absolute Gasteiger partial charge is 0.445 e. The minimum Gasteiger partial charge on any atom is -0.445 e. The van der Waals surface area contributed by atoms with Crippen LogP contribution in [0.25, 0.3) is 0 Å². The summed E-state index contributed by atoms with van der Waals surface area (Å²) in [5, 5.41) is 12.2. The third kappa shape index (κ3) is 8.40. The lowest BCUT2D eigenvalue weighted by Crippen LogP contribution is -2.40. The lowest BCUT2D eigenvalue weighted by atomic mass is 9.99. The number of likely N-dealkylation sites (tertiary alicyclic amines) is 1. The summed E-state index contributed by atoms with van der Waals surface area (Å²) in [6, 6.07) is 16.0. The summed E-state index contributed by atoms with van der Waals surface area (Å²) in [4.78, 5) is 14.3. The van der Waals surface area contributed by atoms with Gasteiger partial charge in [-0.3, -0.25) is 0 Å². The van der Waals surface area contributed by atoms with Crippen molar-refractivity contribution in [3.8, 4) is 0 Å². The van der Waals surface area contributed by atoms with Crippen molar-refractivity contribution in [2.24, 2.45) is 0 Å². The second kappa shape index (κ2) is 14.3. The van der Waals surface area contributed by atoms with Crippen molar-refractivity contribution in [3.05, 3.63) is 83.4 Å². The van der Waals surface area contributed by atoms with Gasteiger partial charge in [-0.15, -0.1) is 0 Å². The molecular weight excluding hydrogens is 468 g/mol. The van der Waals surface area contributed by atoms with Crippen molar-refractivity contribution >= 4 is 6.09 Å². The summed E-state index contributed by atoms with van der Waals surface area (Å²) in [5.41, 5.74) is 3.90. The van der Waals surface area contributed by atoms with Gasteiger partial charge in [0.2, 0.25) is 0 Å². The van der Waals surface area contributed by atoms with Crippen molar-refractivity contribution in [2.45, 2.75) is 70.2 Å². The summed E-state index contributed by atoms with van der Waals surface area (Å²) in [7, 11) is 0. The number of benzene rings is 2. The van der Waals surface area contributed by atoms with Crippen LogP contribution in [0.2, 0.25) is 0 Å². The first-order chi connectivity index (χ1) is 18.1. The molecule has 3 unspecified atom stereocenters. The molecule has 2 saturated heterocycles. The Labute approximate surface area is 220 Å². The standard InChI is InChI=1S/C30H40N2O5/c1-2-18-35-30(34)31-20-23-8-14-26(15-9-23)29-36-27(21-32-16-6-4-3-5-7-17-32)19-28(37-29)25-12-10-24(22-33)11-13-25/h2,8-15,27-29,33H,1,3-7,16-22H2,(H,31,34). The van der Waals surface area contributed by atoms with E-state index in [1.165, 1.54) is 38.2 Å². The van der Waals surface area contributed by atoms with E-state index in [2.05, 4.69) is 16.8 Å². The van der Waals surface area contributed by atoms with E-state index < -0.39 is 12.4 Å². The van der Waals surface area contributed by atoms with Crippen molar-refractivity contribution in [3.63, 3.8) is 0 Å². The van der Waals surface area contributed by atoms with Crippen LogP contribution < -0.4 is 5.32 Å². The van der Waals surface area contributed by atoms with Crippen LogP contribution in [0.5, 0.6) is 0 Å². The molecule has 2 heterocycles. The number of nitrogens with one attached hydrogen (secondary N) is 1. The van der Waals surface area contributed by atoms with Gasteiger partial charge in [0.05, 0.1) is 18.8 Å². The van der Waals surface area contributed by atoms with Gasteiger partial charge >= 0.3 is 6.09 Å². The Morgan fingerprint density at radius 3 is 2.30 bits per heavy atom. The highest BCUT2D eigenvalue weighted by Crippen LogP contribution is 2.38. The Hall–Kier alpha value is -2.71. The van der Waals surface area contributed by atoms with Gasteiger partial charge in [-0.25, -0.2) is 4.79 Å². The average Bonchev–Trinajstić information content (AvgIpc) is 2.92. The molecule has 200 valence electrons.